The number of rotatable bonds is 6. The highest BCUT2D eigenvalue weighted by atomic mass is 32.1. The number of nitrogens with two attached hydrogens (primary N) is 1. The highest BCUT2D eigenvalue weighted by Crippen LogP contribution is 2.15. The second-order valence-corrected chi connectivity index (χ2v) is 4.91. The van der Waals surface area contributed by atoms with Crippen molar-refractivity contribution in [2.75, 3.05) is 7.05 Å². The Morgan fingerprint density at radius 3 is 2.72 bits per heavy atom. The summed E-state index contributed by atoms with van der Waals surface area (Å²) < 4.78 is 5.21. The zero-order valence-corrected chi connectivity index (χ0v) is 11.9. The average molecular weight is 268 g/mol. The van der Waals surface area contributed by atoms with E-state index in [1.165, 1.54) is 0 Å². The van der Waals surface area contributed by atoms with Crippen LogP contribution in [0.4, 0.5) is 0 Å². The molecule has 1 rings (SSSR count). The Hall–Kier alpha value is -1.36. The molecule has 1 atom stereocenters. The van der Waals surface area contributed by atoms with Gasteiger partial charge in [0.05, 0.1) is 17.2 Å². The quantitative estimate of drug-likeness (QED) is 0.804. The number of hydrogen-bond acceptors (Lipinski definition) is 3. The van der Waals surface area contributed by atoms with Crippen molar-refractivity contribution in [3.05, 3.63) is 23.7 Å². The van der Waals surface area contributed by atoms with Gasteiger partial charge in [0.15, 0.2) is 0 Å². The normalized spacial score (nSPS) is 12.2. The van der Waals surface area contributed by atoms with Crippen LogP contribution in [0.3, 0.4) is 0 Å². The van der Waals surface area contributed by atoms with Gasteiger partial charge in [-0.05, 0) is 19.4 Å². The van der Waals surface area contributed by atoms with Crippen LogP contribution in [0.5, 0.6) is 0 Å². The van der Waals surface area contributed by atoms with Crippen LogP contribution >= 0.6 is 12.2 Å². The van der Waals surface area contributed by atoms with Crippen LogP contribution in [-0.4, -0.2) is 22.8 Å². The van der Waals surface area contributed by atoms with E-state index in [9.17, 15) is 4.79 Å². The van der Waals surface area contributed by atoms with E-state index in [2.05, 4.69) is 0 Å². The third-order valence-corrected chi connectivity index (χ3v) is 3.25. The number of carbonyl (C=O) groups excluding carboxylic acids is 1. The molecule has 0 aromatic carbocycles. The fourth-order valence-corrected chi connectivity index (χ4v) is 2.07. The first-order chi connectivity index (χ1) is 8.47. The van der Waals surface area contributed by atoms with E-state index in [0.717, 1.165) is 17.7 Å². The Balaban J connectivity index is 2.70. The molecule has 0 radical (unpaired) electrons. The van der Waals surface area contributed by atoms with E-state index in [1.807, 2.05) is 19.9 Å². The van der Waals surface area contributed by atoms with Gasteiger partial charge >= 0.3 is 0 Å². The van der Waals surface area contributed by atoms with Crippen molar-refractivity contribution in [1.82, 2.24) is 4.90 Å². The second kappa shape index (κ2) is 6.54. The summed E-state index contributed by atoms with van der Waals surface area (Å²) in [6.07, 6.45) is 3.20. The molecule has 1 heterocycles. The van der Waals surface area contributed by atoms with Gasteiger partial charge in [0.1, 0.15) is 5.76 Å². The molecule has 0 bridgehead atoms. The van der Waals surface area contributed by atoms with Crippen molar-refractivity contribution >= 4 is 23.1 Å². The molecular weight excluding hydrogens is 248 g/mol. The molecule has 4 nitrogen and oxygen atoms in total. The molecule has 18 heavy (non-hydrogen) atoms. The van der Waals surface area contributed by atoms with Crippen LogP contribution in [-0.2, 0) is 11.3 Å². The third-order valence-electron chi connectivity index (χ3n) is 2.97. The molecule has 100 valence electrons. The first-order valence-electron chi connectivity index (χ1n) is 6.04. The topological polar surface area (TPSA) is 59.5 Å². The molecule has 0 aliphatic carbocycles. The zero-order valence-electron chi connectivity index (χ0n) is 11.1. The lowest BCUT2D eigenvalue weighted by molar-refractivity contribution is -0.132. The molecule has 0 saturated heterocycles. The SMILES string of the molecule is CCCC(C(=O)N(C)Cc1ccoc1C)C(N)=S. The molecule has 0 aliphatic rings. The highest BCUT2D eigenvalue weighted by Gasteiger charge is 2.24. The van der Waals surface area contributed by atoms with Gasteiger partial charge in [0.25, 0.3) is 0 Å². The molecule has 0 saturated carbocycles. The zero-order chi connectivity index (χ0) is 13.7. The second-order valence-electron chi connectivity index (χ2n) is 4.44. The molecule has 0 spiro atoms. The molecule has 0 fully saturated rings. The van der Waals surface area contributed by atoms with Crippen molar-refractivity contribution in [1.29, 1.82) is 0 Å². The van der Waals surface area contributed by atoms with Crippen LogP contribution in [0.1, 0.15) is 31.1 Å². The van der Waals surface area contributed by atoms with Gasteiger partial charge in [-0.3, -0.25) is 4.79 Å². The summed E-state index contributed by atoms with van der Waals surface area (Å²) in [5.41, 5.74) is 6.63. The Kier molecular flexibility index (Phi) is 5.34. The van der Waals surface area contributed by atoms with Crippen molar-refractivity contribution in [3.8, 4) is 0 Å². The highest BCUT2D eigenvalue weighted by molar-refractivity contribution is 7.80. The van der Waals surface area contributed by atoms with E-state index in [4.69, 9.17) is 22.4 Å². The Labute approximate surface area is 113 Å². The smallest absolute Gasteiger partial charge is 0.232 e. The van der Waals surface area contributed by atoms with Crippen LogP contribution in [0, 0.1) is 12.8 Å². The van der Waals surface area contributed by atoms with Crippen molar-refractivity contribution in [2.45, 2.75) is 33.2 Å². The predicted molar refractivity (Wildman–Crippen MR) is 75.1 cm³/mol. The Morgan fingerprint density at radius 2 is 2.28 bits per heavy atom. The van der Waals surface area contributed by atoms with Gasteiger partial charge in [-0.1, -0.05) is 25.6 Å². The molecule has 1 aromatic rings. The molecular formula is C13H20N2O2S. The fraction of sp³-hybridized carbons (Fsp3) is 0.538. The van der Waals surface area contributed by atoms with Crippen LogP contribution in [0.2, 0.25) is 0 Å². The first kappa shape index (κ1) is 14.7. The van der Waals surface area contributed by atoms with Gasteiger partial charge in [-0.25, -0.2) is 0 Å². The van der Waals surface area contributed by atoms with Crippen LogP contribution in [0.25, 0.3) is 0 Å². The molecule has 1 amide bonds. The lowest BCUT2D eigenvalue weighted by Crippen LogP contribution is -2.38. The summed E-state index contributed by atoms with van der Waals surface area (Å²) in [6.45, 7) is 4.41. The standard InChI is InChI=1S/C13H20N2O2S/c1-4-5-11(12(14)18)13(16)15(3)8-10-6-7-17-9(10)2/h6-7,11H,4-5,8H2,1-3H3,(H2,14,18). The summed E-state index contributed by atoms with van der Waals surface area (Å²) >= 11 is 4.96. The third kappa shape index (κ3) is 3.57. The minimum Gasteiger partial charge on any atom is -0.469 e. The van der Waals surface area contributed by atoms with Crippen LogP contribution < -0.4 is 5.73 Å². The molecule has 2 N–H and O–H groups in total. The van der Waals surface area contributed by atoms with E-state index in [-0.39, 0.29) is 16.8 Å². The number of aryl methyl sites for hydroxylation is 1. The molecule has 5 heteroatoms. The maximum atomic E-state index is 12.2. The minimum absolute atomic E-state index is 0.0232. The molecule has 0 aliphatic heterocycles. The Bertz CT molecular complexity index is 428. The Morgan fingerprint density at radius 1 is 1.61 bits per heavy atom. The monoisotopic (exact) mass is 268 g/mol. The number of hydrogen-bond donors (Lipinski definition) is 1. The lowest BCUT2D eigenvalue weighted by Gasteiger charge is -2.22. The van der Waals surface area contributed by atoms with E-state index < -0.39 is 0 Å². The fourth-order valence-electron chi connectivity index (χ4n) is 1.85. The summed E-state index contributed by atoms with van der Waals surface area (Å²) in [7, 11) is 1.76. The van der Waals surface area contributed by atoms with Gasteiger partial charge < -0.3 is 15.1 Å². The van der Waals surface area contributed by atoms with Crippen molar-refractivity contribution in [3.63, 3.8) is 0 Å². The van der Waals surface area contributed by atoms with Gasteiger partial charge in [-0.15, -0.1) is 0 Å². The van der Waals surface area contributed by atoms with E-state index >= 15 is 0 Å². The molecule has 1 unspecified atom stereocenters. The lowest BCUT2D eigenvalue weighted by atomic mass is 10.0. The summed E-state index contributed by atoms with van der Waals surface area (Å²) in [4.78, 5) is 14.2. The van der Waals surface area contributed by atoms with Gasteiger partial charge in [-0.2, -0.15) is 0 Å². The summed E-state index contributed by atoms with van der Waals surface area (Å²) in [5, 5.41) is 0. The molecule has 1 aromatic heterocycles. The number of carbonyl (C=O) groups is 1. The maximum Gasteiger partial charge on any atom is 0.232 e. The van der Waals surface area contributed by atoms with Gasteiger partial charge in [0.2, 0.25) is 5.91 Å². The van der Waals surface area contributed by atoms with E-state index in [1.54, 1.807) is 18.2 Å². The van der Waals surface area contributed by atoms with Crippen LogP contribution in [0.15, 0.2) is 16.7 Å². The summed E-state index contributed by atoms with van der Waals surface area (Å²) in [5.74, 6) is 0.448. The number of amides is 1. The van der Waals surface area contributed by atoms with Gasteiger partial charge in [0, 0.05) is 19.2 Å². The van der Waals surface area contributed by atoms with Crippen molar-refractivity contribution in [2.24, 2.45) is 11.7 Å². The first-order valence-corrected chi connectivity index (χ1v) is 6.45. The minimum atomic E-state index is -0.359. The number of nitrogens with zero attached hydrogens (tertiary/aromatic N) is 1. The maximum absolute atomic E-state index is 12.2. The largest absolute Gasteiger partial charge is 0.469 e. The summed E-state index contributed by atoms with van der Waals surface area (Å²) in [6, 6.07) is 1.87. The number of thiocarbonyl (C=S) groups is 1. The number of furan rings is 1. The average Bonchev–Trinajstić information content (AvgIpc) is 2.70. The van der Waals surface area contributed by atoms with Crippen molar-refractivity contribution < 1.29 is 9.21 Å². The van der Waals surface area contributed by atoms with E-state index in [0.29, 0.717) is 13.0 Å². The predicted octanol–water partition coefficient (Wildman–Crippen LogP) is 2.25.